The number of alkyl halides is 2. The summed E-state index contributed by atoms with van der Waals surface area (Å²) in [6, 6.07) is 0. The minimum absolute atomic E-state index is 0.0762. The first-order valence-electron chi connectivity index (χ1n) is 6.32. The number of hydrogen-bond acceptors (Lipinski definition) is 4. The van der Waals surface area contributed by atoms with E-state index in [1.165, 1.54) is 26.4 Å². The molecular weight excluding hydrogens is 362 g/mol. The Hall–Kier alpha value is 0.480. The number of aliphatic hydroxyl groups is 2. The van der Waals surface area contributed by atoms with E-state index in [0.717, 1.165) is 0 Å². The van der Waals surface area contributed by atoms with E-state index >= 15 is 0 Å². The molecule has 0 spiro atoms. The smallest absolute Gasteiger partial charge is 0.217 e. The van der Waals surface area contributed by atoms with Gasteiger partial charge in [0.15, 0.2) is 0 Å². The van der Waals surface area contributed by atoms with E-state index in [9.17, 15) is 10.2 Å². The lowest BCUT2D eigenvalue weighted by molar-refractivity contribution is -0.222. The van der Waals surface area contributed by atoms with Crippen molar-refractivity contribution in [1.29, 1.82) is 0 Å². The normalized spacial score (nSPS) is 50.7. The molecule has 0 aliphatic heterocycles. The number of rotatable bonds is 2. The summed E-state index contributed by atoms with van der Waals surface area (Å²) in [5.41, 5.74) is 0. The molecule has 118 valence electrons. The van der Waals surface area contributed by atoms with Crippen molar-refractivity contribution < 1.29 is 19.7 Å². The maximum atomic E-state index is 10.3. The number of aliphatic hydroxyl groups excluding tert-OH is 2. The first kappa shape index (κ1) is 16.3. The van der Waals surface area contributed by atoms with E-state index in [-0.39, 0.29) is 10.1 Å². The molecule has 3 aliphatic rings. The molecular formula is C13H14Cl4O4. The Labute approximate surface area is 142 Å². The van der Waals surface area contributed by atoms with Gasteiger partial charge >= 0.3 is 0 Å². The highest BCUT2D eigenvalue weighted by Gasteiger charge is 2.86. The van der Waals surface area contributed by atoms with Gasteiger partial charge in [0, 0.05) is 26.1 Å². The van der Waals surface area contributed by atoms with Gasteiger partial charge in [-0.1, -0.05) is 35.4 Å². The highest BCUT2D eigenvalue weighted by molar-refractivity contribution is 6.52. The van der Waals surface area contributed by atoms with E-state index in [1.807, 2.05) is 0 Å². The van der Waals surface area contributed by atoms with E-state index < -0.39 is 39.6 Å². The van der Waals surface area contributed by atoms with Gasteiger partial charge in [-0.3, -0.25) is 0 Å². The van der Waals surface area contributed by atoms with Crippen molar-refractivity contribution in [3.8, 4) is 0 Å². The van der Waals surface area contributed by atoms with Gasteiger partial charge < -0.3 is 19.7 Å². The van der Waals surface area contributed by atoms with Crippen LogP contribution in [-0.4, -0.2) is 52.2 Å². The van der Waals surface area contributed by atoms with Gasteiger partial charge in [-0.05, 0) is 0 Å². The molecule has 8 heteroatoms. The highest BCUT2D eigenvalue weighted by Crippen LogP contribution is 2.75. The Morgan fingerprint density at radius 1 is 0.905 bits per heavy atom. The Bertz CT molecular complexity index is 504. The number of ether oxygens (including phenoxy) is 2. The average Bonchev–Trinajstić information content (AvgIpc) is 2.72. The molecule has 3 rings (SSSR count). The molecule has 2 bridgehead atoms. The zero-order valence-corrected chi connectivity index (χ0v) is 14.2. The molecule has 0 radical (unpaired) electrons. The van der Waals surface area contributed by atoms with Gasteiger partial charge in [0.2, 0.25) is 5.79 Å². The topological polar surface area (TPSA) is 58.9 Å². The second kappa shape index (κ2) is 4.74. The summed E-state index contributed by atoms with van der Waals surface area (Å²) in [7, 11) is 2.75. The van der Waals surface area contributed by atoms with Crippen LogP contribution in [0, 0.1) is 11.8 Å². The zero-order valence-electron chi connectivity index (χ0n) is 11.2. The van der Waals surface area contributed by atoms with Crippen molar-refractivity contribution in [3.05, 3.63) is 22.2 Å². The lowest BCUT2D eigenvalue weighted by Crippen LogP contribution is -2.58. The van der Waals surface area contributed by atoms with Crippen molar-refractivity contribution in [1.82, 2.24) is 0 Å². The first-order chi connectivity index (χ1) is 9.74. The molecule has 21 heavy (non-hydrogen) atoms. The number of methoxy groups -OCH3 is 2. The maximum Gasteiger partial charge on any atom is 0.217 e. The van der Waals surface area contributed by atoms with Crippen LogP contribution in [0.2, 0.25) is 0 Å². The van der Waals surface area contributed by atoms with E-state index in [1.54, 1.807) is 0 Å². The molecule has 6 atom stereocenters. The summed E-state index contributed by atoms with van der Waals surface area (Å²) in [5, 5.41) is 20.9. The van der Waals surface area contributed by atoms with Crippen molar-refractivity contribution >= 4 is 46.4 Å². The summed E-state index contributed by atoms with van der Waals surface area (Å²) in [6.07, 6.45) is 1.01. The molecule has 1 fully saturated rings. The number of hydrogen-bond donors (Lipinski definition) is 2. The molecule has 4 nitrogen and oxygen atoms in total. The third-order valence-electron chi connectivity index (χ3n) is 4.91. The van der Waals surface area contributed by atoms with Gasteiger partial charge in [-0.15, -0.1) is 23.2 Å². The number of fused-ring (bicyclic) bond motifs is 5. The van der Waals surface area contributed by atoms with Crippen LogP contribution >= 0.6 is 46.4 Å². The lowest BCUT2D eigenvalue weighted by Gasteiger charge is -2.41. The van der Waals surface area contributed by atoms with Crippen LogP contribution in [0.15, 0.2) is 22.2 Å². The highest BCUT2D eigenvalue weighted by atomic mass is 35.5. The summed E-state index contributed by atoms with van der Waals surface area (Å²) >= 11 is 26.2. The average molecular weight is 376 g/mol. The summed E-state index contributed by atoms with van der Waals surface area (Å²) in [4.78, 5) is -2.99. The van der Waals surface area contributed by atoms with Crippen LogP contribution in [0.3, 0.4) is 0 Å². The summed E-state index contributed by atoms with van der Waals surface area (Å²) in [6.45, 7) is 0. The van der Waals surface area contributed by atoms with E-state index in [4.69, 9.17) is 55.9 Å². The lowest BCUT2D eigenvalue weighted by atomic mass is 9.72. The van der Waals surface area contributed by atoms with E-state index in [2.05, 4.69) is 0 Å². The number of halogens is 4. The van der Waals surface area contributed by atoms with Crippen LogP contribution < -0.4 is 0 Å². The SMILES string of the molecule is COC1(OC)[C@@]2(Cl)C(Cl)=C(Cl)[C@@]1(Cl)[C@@H]1[C@@H]2[C@H](O)C=C[C@@H]1O. The van der Waals surface area contributed by atoms with Crippen LogP contribution in [0.25, 0.3) is 0 Å². The second-order valence-electron chi connectivity index (χ2n) is 5.49. The van der Waals surface area contributed by atoms with Crippen molar-refractivity contribution in [3.63, 3.8) is 0 Å². The monoisotopic (exact) mass is 374 g/mol. The molecule has 0 aromatic carbocycles. The van der Waals surface area contributed by atoms with Crippen LogP contribution in [0.5, 0.6) is 0 Å². The minimum atomic E-state index is -1.60. The largest absolute Gasteiger partial charge is 0.389 e. The Morgan fingerprint density at radius 3 is 1.52 bits per heavy atom. The van der Waals surface area contributed by atoms with Crippen molar-refractivity contribution in [2.24, 2.45) is 11.8 Å². The molecule has 0 unspecified atom stereocenters. The molecule has 1 saturated carbocycles. The standard InChI is InChI=1S/C13H14Cl4O4/c1-20-13(21-2)11(16)7-5(18)3-4-6(19)8(7)12(13,17)10(15)9(11)14/h3-8,18-19H,1-2H3/t5-,6+,7-,8-,11-,12-/m0/s1. The fourth-order valence-corrected chi connectivity index (χ4v) is 6.41. The molecule has 2 N–H and O–H groups in total. The van der Waals surface area contributed by atoms with Crippen LogP contribution in [-0.2, 0) is 9.47 Å². The molecule has 0 heterocycles. The Morgan fingerprint density at radius 2 is 1.24 bits per heavy atom. The van der Waals surface area contributed by atoms with Crippen LogP contribution in [0.1, 0.15) is 0 Å². The van der Waals surface area contributed by atoms with Gasteiger partial charge in [-0.2, -0.15) is 0 Å². The predicted octanol–water partition coefficient (Wildman–Crippen LogP) is 2.17. The van der Waals surface area contributed by atoms with Gasteiger partial charge in [0.05, 0.1) is 22.3 Å². The zero-order chi connectivity index (χ0) is 15.8. The summed E-state index contributed by atoms with van der Waals surface area (Å²) < 4.78 is 11.0. The van der Waals surface area contributed by atoms with E-state index in [0.29, 0.717) is 0 Å². The third kappa shape index (κ3) is 1.45. The fourth-order valence-electron chi connectivity index (χ4n) is 4.14. The predicted molar refractivity (Wildman–Crippen MR) is 80.8 cm³/mol. The first-order valence-corrected chi connectivity index (χ1v) is 7.84. The van der Waals surface area contributed by atoms with Crippen molar-refractivity contribution in [2.75, 3.05) is 14.2 Å². The molecule has 0 saturated heterocycles. The van der Waals surface area contributed by atoms with Crippen LogP contribution in [0.4, 0.5) is 0 Å². The maximum absolute atomic E-state index is 10.3. The van der Waals surface area contributed by atoms with Gasteiger partial charge in [0.1, 0.15) is 9.75 Å². The van der Waals surface area contributed by atoms with Crippen molar-refractivity contribution in [2.45, 2.75) is 27.7 Å². The quantitative estimate of drug-likeness (QED) is 0.441. The fraction of sp³-hybridized carbons (Fsp3) is 0.692. The Kier molecular flexibility index (Phi) is 3.69. The Balaban J connectivity index is 2.34. The van der Waals surface area contributed by atoms with Gasteiger partial charge in [-0.25, -0.2) is 0 Å². The van der Waals surface area contributed by atoms with Gasteiger partial charge in [0.25, 0.3) is 0 Å². The summed E-state index contributed by atoms with van der Waals surface area (Å²) in [5.74, 6) is -3.00. The molecule has 0 amide bonds. The molecule has 0 aromatic rings. The minimum Gasteiger partial charge on any atom is -0.389 e. The third-order valence-corrected chi connectivity index (χ3v) is 7.56. The molecule has 3 aliphatic carbocycles. The second-order valence-corrected chi connectivity index (χ2v) is 7.44. The molecule has 0 aromatic heterocycles.